The Balaban J connectivity index is 1.71. The summed E-state index contributed by atoms with van der Waals surface area (Å²) in [7, 11) is 3.34. The Bertz CT molecular complexity index is 755. The Morgan fingerprint density at radius 1 is 1.04 bits per heavy atom. The van der Waals surface area contributed by atoms with E-state index in [9.17, 15) is 4.79 Å². The summed E-state index contributed by atoms with van der Waals surface area (Å²) in [5.74, 6) is 1.88. The van der Waals surface area contributed by atoms with Gasteiger partial charge >= 0.3 is 0 Å². The molecule has 0 radical (unpaired) electrons. The number of ether oxygens (including phenoxy) is 2. The molecule has 1 aliphatic rings. The third-order valence-electron chi connectivity index (χ3n) is 5.40. The lowest BCUT2D eigenvalue weighted by molar-refractivity contribution is -0.133. The average molecular weight is 383 g/mol. The Morgan fingerprint density at radius 2 is 1.75 bits per heavy atom. The van der Waals surface area contributed by atoms with Crippen molar-refractivity contribution in [3.05, 3.63) is 59.7 Å². The first-order chi connectivity index (χ1) is 13.7. The molecule has 1 N–H and O–H groups in total. The molecule has 3 rings (SSSR count). The van der Waals surface area contributed by atoms with E-state index in [4.69, 9.17) is 9.47 Å². The van der Waals surface area contributed by atoms with Gasteiger partial charge in [0.25, 0.3) is 0 Å². The number of hydrogen-bond donors (Lipinski definition) is 1. The molecule has 1 fully saturated rings. The van der Waals surface area contributed by atoms with Crippen LogP contribution >= 0.6 is 0 Å². The highest BCUT2D eigenvalue weighted by atomic mass is 16.5. The topological polar surface area (TPSA) is 50.8 Å². The molecule has 5 heteroatoms. The minimum atomic E-state index is 0.187. The first-order valence-corrected chi connectivity index (χ1v) is 9.96. The maximum Gasteiger partial charge on any atom is 0.227 e. The number of para-hydroxylation sites is 1. The smallest absolute Gasteiger partial charge is 0.227 e. The zero-order valence-corrected chi connectivity index (χ0v) is 16.8. The minimum Gasteiger partial charge on any atom is -0.497 e. The molecule has 150 valence electrons. The van der Waals surface area contributed by atoms with Crippen molar-refractivity contribution in [2.45, 2.75) is 31.7 Å². The van der Waals surface area contributed by atoms with Gasteiger partial charge in [-0.25, -0.2) is 0 Å². The van der Waals surface area contributed by atoms with Crippen molar-refractivity contribution in [2.75, 3.05) is 33.9 Å². The lowest BCUT2D eigenvalue weighted by atomic mass is 10.0. The molecule has 1 amide bonds. The normalized spacial score (nSPS) is 14.5. The predicted octanol–water partition coefficient (Wildman–Crippen LogP) is 3.07. The summed E-state index contributed by atoms with van der Waals surface area (Å²) in [5, 5.41) is 3.39. The second-order valence-electron chi connectivity index (χ2n) is 7.16. The summed E-state index contributed by atoms with van der Waals surface area (Å²) in [6.07, 6.45) is 3.21. The molecule has 0 spiro atoms. The van der Waals surface area contributed by atoms with Gasteiger partial charge in [0.05, 0.1) is 20.6 Å². The van der Waals surface area contributed by atoms with E-state index in [-0.39, 0.29) is 5.91 Å². The number of carbonyl (C=O) groups excluding carboxylic acids is 1. The van der Waals surface area contributed by atoms with Crippen LogP contribution in [-0.4, -0.2) is 50.7 Å². The summed E-state index contributed by atoms with van der Waals surface area (Å²) < 4.78 is 10.7. The monoisotopic (exact) mass is 382 g/mol. The Labute approximate surface area is 167 Å². The van der Waals surface area contributed by atoms with Crippen molar-refractivity contribution >= 4 is 5.91 Å². The fourth-order valence-corrected chi connectivity index (χ4v) is 3.80. The highest BCUT2D eigenvalue weighted by Gasteiger charge is 2.25. The van der Waals surface area contributed by atoms with Gasteiger partial charge < -0.3 is 19.7 Å². The summed E-state index contributed by atoms with van der Waals surface area (Å²) in [6.45, 7) is 2.64. The van der Waals surface area contributed by atoms with Crippen molar-refractivity contribution in [3.63, 3.8) is 0 Å². The van der Waals surface area contributed by atoms with Crippen LogP contribution in [0, 0.1) is 0 Å². The zero-order valence-electron chi connectivity index (χ0n) is 16.8. The van der Waals surface area contributed by atoms with Gasteiger partial charge in [-0.3, -0.25) is 4.79 Å². The van der Waals surface area contributed by atoms with E-state index in [1.165, 1.54) is 0 Å². The molecule has 2 aromatic rings. The fourth-order valence-electron chi connectivity index (χ4n) is 3.80. The standard InChI is InChI=1S/C23H30N2O3/c1-27-21-9-7-18(8-10-21)17-23(26)25(20-11-14-24-15-12-20)16-13-19-5-3-4-6-22(19)28-2/h3-10,20,24H,11-17H2,1-2H3. The van der Waals surface area contributed by atoms with Crippen molar-refractivity contribution < 1.29 is 14.3 Å². The summed E-state index contributed by atoms with van der Waals surface area (Å²) >= 11 is 0. The van der Waals surface area contributed by atoms with Crippen LogP contribution in [0.4, 0.5) is 0 Å². The number of amides is 1. The Kier molecular flexibility index (Phi) is 7.31. The molecule has 0 bridgehead atoms. The number of nitrogens with zero attached hydrogens (tertiary/aromatic N) is 1. The van der Waals surface area contributed by atoms with Crippen LogP contribution in [0.5, 0.6) is 11.5 Å². The van der Waals surface area contributed by atoms with E-state index in [0.29, 0.717) is 19.0 Å². The number of carbonyl (C=O) groups is 1. The second kappa shape index (κ2) is 10.1. The SMILES string of the molecule is COc1ccc(CC(=O)N(CCc2ccccc2OC)C2CCNCC2)cc1. The lowest BCUT2D eigenvalue weighted by Gasteiger charge is -2.35. The number of methoxy groups -OCH3 is 2. The van der Waals surface area contributed by atoms with Crippen LogP contribution in [0.3, 0.4) is 0 Å². The second-order valence-corrected chi connectivity index (χ2v) is 7.16. The maximum absolute atomic E-state index is 13.2. The third-order valence-corrected chi connectivity index (χ3v) is 5.40. The van der Waals surface area contributed by atoms with Crippen LogP contribution in [-0.2, 0) is 17.6 Å². The van der Waals surface area contributed by atoms with Gasteiger partial charge in [-0.15, -0.1) is 0 Å². The zero-order chi connectivity index (χ0) is 19.8. The number of hydrogen-bond acceptors (Lipinski definition) is 4. The molecular formula is C23H30N2O3. The van der Waals surface area contributed by atoms with E-state index in [1.54, 1.807) is 14.2 Å². The van der Waals surface area contributed by atoms with E-state index >= 15 is 0 Å². The summed E-state index contributed by atoms with van der Waals surface area (Å²) in [6, 6.07) is 16.1. The largest absolute Gasteiger partial charge is 0.497 e. The number of benzene rings is 2. The van der Waals surface area contributed by atoms with Crippen LogP contribution < -0.4 is 14.8 Å². The number of piperidine rings is 1. The Hall–Kier alpha value is -2.53. The molecule has 0 saturated carbocycles. The molecular weight excluding hydrogens is 352 g/mol. The highest BCUT2D eigenvalue weighted by molar-refractivity contribution is 5.79. The number of nitrogens with one attached hydrogen (secondary N) is 1. The molecule has 0 atom stereocenters. The fraction of sp³-hybridized carbons (Fsp3) is 0.435. The molecule has 1 saturated heterocycles. The van der Waals surface area contributed by atoms with Gasteiger partial charge in [0.2, 0.25) is 5.91 Å². The van der Waals surface area contributed by atoms with Crippen molar-refractivity contribution in [3.8, 4) is 11.5 Å². The molecule has 0 aromatic heterocycles. The molecule has 0 aliphatic carbocycles. The van der Waals surface area contributed by atoms with E-state index in [0.717, 1.165) is 55.0 Å². The molecule has 1 aliphatic heterocycles. The molecule has 28 heavy (non-hydrogen) atoms. The average Bonchev–Trinajstić information content (AvgIpc) is 2.75. The molecule has 2 aromatic carbocycles. The minimum absolute atomic E-state index is 0.187. The van der Waals surface area contributed by atoms with Crippen LogP contribution in [0.2, 0.25) is 0 Å². The van der Waals surface area contributed by atoms with Crippen molar-refractivity contribution in [2.24, 2.45) is 0 Å². The molecule has 5 nitrogen and oxygen atoms in total. The summed E-state index contributed by atoms with van der Waals surface area (Å²) in [5.41, 5.74) is 2.16. The van der Waals surface area contributed by atoms with E-state index < -0.39 is 0 Å². The first-order valence-electron chi connectivity index (χ1n) is 9.96. The van der Waals surface area contributed by atoms with E-state index in [2.05, 4.69) is 16.3 Å². The Morgan fingerprint density at radius 3 is 2.43 bits per heavy atom. The maximum atomic E-state index is 13.2. The highest BCUT2D eigenvalue weighted by Crippen LogP contribution is 2.21. The van der Waals surface area contributed by atoms with Gasteiger partial charge in [0, 0.05) is 12.6 Å². The van der Waals surface area contributed by atoms with Gasteiger partial charge in [-0.05, 0) is 61.7 Å². The van der Waals surface area contributed by atoms with Crippen molar-refractivity contribution in [1.29, 1.82) is 0 Å². The third kappa shape index (κ3) is 5.26. The quantitative estimate of drug-likeness (QED) is 0.762. The lowest BCUT2D eigenvalue weighted by Crippen LogP contribution is -2.47. The first kappa shape index (κ1) is 20.2. The number of rotatable bonds is 8. The molecule has 1 heterocycles. The molecule has 0 unspecified atom stereocenters. The van der Waals surface area contributed by atoms with Gasteiger partial charge in [-0.2, -0.15) is 0 Å². The van der Waals surface area contributed by atoms with Crippen LogP contribution in [0.1, 0.15) is 24.0 Å². The van der Waals surface area contributed by atoms with Crippen LogP contribution in [0.25, 0.3) is 0 Å². The van der Waals surface area contributed by atoms with Crippen molar-refractivity contribution in [1.82, 2.24) is 10.2 Å². The summed E-state index contributed by atoms with van der Waals surface area (Å²) in [4.78, 5) is 15.3. The van der Waals surface area contributed by atoms with Gasteiger partial charge in [0.15, 0.2) is 0 Å². The predicted molar refractivity (Wildman–Crippen MR) is 111 cm³/mol. The van der Waals surface area contributed by atoms with Gasteiger partial charge in [0.1, 0.15) is 11.5 Å². The van der Waals surface area contributed by atoms with E-state index in [1.807, 2.05) is 42.5 Å². The van der Waals surface area contributed by atoms with Crippen LogP contribution in [0.15, 0.2) is 48.5 Å². The van der Waals surface area contributed by atoms with Gasteiger partial charge in [-0.1, -0.05) is 30.3 Å².